The zero-order chi connectivity index (χ0) is 11.5. The molecule has 2 nitrogen and oxygen atoms in total. The molecule has 1 aliphatic rings. The van der Waals surface area contributed by atoms with Crippen LogP contribution < -0.4 is 4.90 Å². The first-order valence-electron chi connectivity index (χ1n) is 6.07. The third kappa shape index (κ3) is 2.22. The highest BCUT2D eigenvalue weighted by Crippen LogP contribution is 2.34. The standard InChI is InChI=1S/C14H21NO/c1-11-7-8-13-12(10-11)14(16-3)6-4-5-9-15(13)2/h7-8,10,14H,4-6,9H2,1-3H3. The molecular formula is C14H21NO. The molecule has 16 heavy (non-hydrogen) atoms. The third-order valence-electron chi connectivity index (χ3n) is 3.44. The van der Waals surface area contributed by atoms with Crippen LogP contribution in [0.2, 0.25) is 0 Å². The number of hydrogen-bond donors (Lipinski definition) is 0. The lowest BCUT2D eigenvalue weighted by Crippen LogP contribution is -2.23. The van der Waals surface area contributed by atoms with Gasteiger partial charge in [0, 0.05) is 32.0 Å². The predicted molar refractivity (Wildman–Crippen MR) is 68.1 cm³/mol. The van der Waals surface area contributed by atoms with Gasteiger partial charge in [-0.25, -0.2) is 0 Å². The van der Waals surface area contributed by atoms with E-state index < -0.39 is 0 Å². The van der Waals surface area contributed by atoms with E-state index in [1.807, 2.05) is 7.11 Å². The average Bonchev–Trinajstić information content (AvgIpc) is 2.26. The summed E-state index contributed by atoms with van der Waals surface area (Å²) in [5.74, 6) is 0. The van der Waals surface area contributed by atoms with Crippen molar-refractivity contribution in [3.05, 3.63) is 29.3 Å². The molecular weight excluding hydrogens is 198 g/mol. The Bertz CT molecular complexity index is 362. The topological polar surface area (TPSA) is 12.5 Å². The number of nitrogens with zero attached hydrogens (tertiary/aromatic N) is 1. The number of aryl methyl sites for hydroxylation is 1. The molecule has 0 saturated carbocycles. The van der Waals surface area contributed by atoms with Gasteiger partial charge in [-0.1, -0.05) is 17.7 Å². The van der Waals surface area contributed by atoms with E-state index in [0.717, 1.165) is 13.0 Å². The molecule has 1 heterocycles. The van der Waals surface area contributed by atoms with Crippen LogP contribution in [0.4, 0.5) is 5.69 Å². The van der Waals surface area contributed by atoms with Gasteiger partial charge in [-0.15, -0.1) is 0 Å². The Kier molecular flexibility index (Phi) is 3.49. The van der Waals surface area contributed by atoms with E-state index in [-0.39, 0.29) is 6.10 Å². The van der Waals surface area contributed by atoms with Gasteiger partial charge in [0.2, 0.25) is 0 Å². The van der Waals surface area contributed by atoms with Crippen LogP contribution >= 0.6 is 0 Å². The van der Waals surface area contributed by atoms with E-state index in [2.05, 4.69) is 37.1 Å². The summed E-state index contributed by atoms with van der Waals surface area (Å²) in [6, 6.07) is 6.68. The number of anilines is 1. The molecule has 1 aromatic carbocycles. The number of methoxy groups -OCH3 is 1. The average molecular weight is 219 g/mol. The second-order valence-corrected chi connectivity index (χ2v) is 4.70. The van der Waals surface area contributed by atoms with Crippen LogP contribution in [-0.2, 0) is 4.74 Å². The first-order valence-corrected chi connectivity index (χ1v) is 6.07. The Morgan fingerprint density at radius 2 is 2.12 bits per heavy atom. The minimum absolute atomic E-state index is 0.262. The number of ether oxygens (including phenoxy) is 1. The molecule has 0 aromatic heterocycles. The Hall–Kier alpha value is -1.02. The first kappa shape index (κ1) is 11.5. The Balaban J connectivity index is 2.43. The van der Waals surface area contributed by atoms with Crippen LogP contribution in [0, 0.1) is 6.92 Å². The highest BCUT2D eigenvalue weighted by Gasteiger charge is 2.19. The molecule has 0 aliphatic carbocycles. The molecule has 0 saturated heterocycles. The van der Waals surface area contributed by atoms with Crippen molar-refractivity contribution < 1.29 is 4.74 Å². The Morgan fingerprint density at radius 3 is 2.88 bits per heavy atom. The highest BCUT2D eigenvalue weighted by molar-refractivity contribution is 5.55. The molecule has 0 amide bonds. The van der Waals surface area contributed by atoms with Crippen molar-refractivity contribution in [1.82, 2.24) is 0 Å². The summed E-state index contributed by atoms with van der Waals surface area (Å²) in [5, 5.41) is 0. The van der Waals surface area contributed by atoms with Gasteiger partial charge < -0.3 is 9.64 Å². The second-order valence-electron chi connectivity index (χ2n) is 4.70. The van der Waals surface area contributed by atoms with Crippen molar-refractivity contribution in [1.29, 1.82) is 0 Å². The predicted octanol–water partition coefficient (Wildman–Crippen LogP) is 3.30. The summed E-state index contributed by atoms with van der Waals surface area (Å²) in [6.45, 7) is 3.29. The third-order valence-corrected chi connectivity index (χ3v) is 3.44. The van der Waals surface area contributed by atoms with Crippen LogP contribution in [0.25, 0.3) is 0 Å². The molecule has 0 radical (unpaired) electrons. The molecule has 1 aromatic rings. The maximum atomic E-state index is 5.63. The number of benzene rings is 1. The van der Waals surface area contributed by atoms with Gasteiger partial charge in [0.15, 0.2) is 0 Å². The molecule has 0 spiro atoms. The fourth-order valence-electron chi connectivity index (χ4n) is 2.48. The summed E-state index contributed by atoms with van der Waals surface area (Å²) in [4.78, 5) is 2.35. The smallest absolute Gasteiger partial charge is 0.0841 e. The number of fused-ring (bicyclic) bond motifs is 1. The van der Waals surface area contributed by atoms with Crippen LogP contribution in [0.5, 0.6) is 0 Å². The van der Waals surface area contributed by atoms with Crippen molar-refractivity contribution in [2.75, 3.05) is 25.6 Å². The number of rotatable bonds is 1. The maximum absolute atomic E-state index is 5.63. The van der Waals surface area contributed by atoms with E-state index in [1.165, 1.54) is 29.7 Å². The lowest BCUT2D eigenvalue weighted by Gasteiger charge is -2.29. The van der Waals surface area contributed by atoms with E-state index in [4.69, 9.17) is 4.74 Å². The van der Waals surface area contributed by atoms with Gasteiger partial charge in [-0.2, -0.15) is 0 Å². The van der Waals surface area contributed by atoms with Crippen molar-refractivity contribution >= 4 is 5.69 Å². The fraction of sp³-hybridized carbons (Fsp3) is 0.571. The quantitative estimate of drug-likeness (QED) is 0.718. The van der Waals surface area contributed by atoms with Crippen LogP contribution in [0.1, 0.15) is 36.5 Å². The monoisotopic (exact) mass is 219 g/mol. The normalized spacial score (nSPS) is 21.2. The lowest BCUT2D eigenvalue weighted by atomic mass is 9.97. The zero-order valence-corrected chi connectivity index (χ0v) is 10.5. The van der Waals surface area contributed by atoms with E-state index in [9.17, 15) is 0 Å². The molecule has 0 fully saturated rings. The van der Waals surface area contributed by atoms with E-state index in [1.54, 1.807) is 0 Å². The van der Waals surface area contributed by atoms with Gasteiger partial charge in [0.1, 0.15) is 0 Å². The van der Waals surface area contributed by atoms with Crippen LogP contribution in [-0.4, -0.2) is 20.7 Å². The highest BCUT2D eigenvalue weighted by atomic mass is 16.5. The van der Waals surface area contributed by atoms with Crippen molar-refractivity contribution in [2.45, 2.75) is 32.3 Å². The summed E-state index contributed by atoms with van der Waals surface area (Å²) in [5.41, 5.74) is 4.00. The van der Waals surface area contributed by atoms with E-state index in [0.29, 0.717) is 0 Å². The molecule has 0 N–H and O–H groups in total. The molecule has 1 unspecified atom stereocenters. The fourth-order valence-corrected chi connectivity index (χ4v) is 2.48. The van der Waals surface area contributed by atoms with Crippen molar-refractivity contribution in [2.24, 2.45) is 0 Å². The Morgan fingerprint density at radius 1 is 1.31 bits per heavy atom. The minimum atomic E-state index is 0.262. The SMILES string of the molecule is COC1CCCCN(C)c2ccc(C)cc21. The Labute approximate surface area is 98.2 Å². The van der Waals surface area contributed by atoms with Crippen LogP contribution in [0.15, 0.2) is 18.2 Å². The summed E-state index contributed by atoms with van der Waals surface area (Å²) < 4.78 is 5.63. The van der Waals surface area contributed by atoms with Crippen molar-refractivity contribution in [3.63, 3.8) is 0 Å². The lowest BCUT2D eigenvalue weighted by molar-refractivity contribution is 0.0927. The summed E-state index contributed by atoms with van der Waals surface area (Å²) >= 11 is 0. The molecule has 2 rings (SSSR count). The molecule has 88 valence electrons. The van der Waals surface area contributed by atoms with Gasteiger partial charge in [0.05, 0.1) is 6.10 Å². The number of hydrogen-bond acceptors (Lipinski definition) is 2. The van der Waals surface area contributed by atoms with E-state index >= 15 is 0 Å². The first-order chi connectivity index (χ1) is 7.72. The van der Waals surface area contributed by atoms with Gasteiger partial charge in [0.25, 0.3) is 0 Å². The van der Waals surface area contributed by atoms with Crippen LogP contribution in [0.3, 0.4) is 0 Å². The largest absolute Gasteiger partial charge is 0.377 e. The van der Waals surface area contributed by atoms with Gasteiger partial charge in [-0.05, 0) is 32.3 Å². The molecule has 0 bridgehead atoms. The zero-order valence-electron chi connectivity index (χ0n) is 10.5. The second kappa shape index (κ2) is 4.88. The maximum Gasteiger partial charge on any atom is 0.0841 e. The molecule has 2 heteroatoms. The minimum Gasteiger partial charge on any atom is -0.377 e. The summed E-state index contributed by atoms with van der Waals surface area (Å²) in [6.07, 6.45) is 3.90. The van der Waals surface area contributed by atoms with Gasteiger partial charge in [-0.3, -0.25) is 0 Å². The molecule has 1 atom stereocenters. The van der Waals surface area contributed by atoms with Gasteiger partial charge >= 0.3 is 0 Å². The molecule has 1 aliphatic heterocycles. The van der Waals surface area contributed by atoms with Crippen molar-refractivity contribution in [3.8, 4) is 0 Å². The summed E-state index contributed by atoms with van der Waals surface area (Å²) in [7, 11) is 3.99.